The van der Waals surface area contributed by atoms with E-state index in [0.29, 0.717) is 5.52 Å². The molecule has 0 unspecified atom stereocenters. The molecule has 0 bridgehead atoms. The Morgan fingerprint density at radius 1 is 1.57 bits per heavy atom. The van der Waals surface area contributed by atoms with Crippen molar-refractivity contribution < 1.29 is 9.53 Å². The lowest BCUT2D eigenvalue weighted by Gasteiger charge is -2.01. The van der Waals surface area contributed by atoms with E-state index in [9.17, 15) is 4.79 Å². The van der Waals surface area contributed by atoms with E-state index in [1.165, 1.54) is 10.8 Å². The molecule has 1 amide bonds. The van der Waals surface area contributed by atoms with E-state index in [2.05, 4.69) is 30.7 Å². The number of aromatic nitrogens is 3. The van der Waals surface area contributed by atoms with Gasteiger partial charge in [-0.1, -0.05) is 0 Å². The molecule has 6 nitrogen and oxygen atoms in total. The highest BCUT2D eigenvalue weighted by molar-refractivity contribution is 9.10. The fourth-order valence-electron chi connectivity index (χ4n) is 1.05. The van der Waals surface area contributed by atoms with Gasteiger partial charge in [-0.15, -0.1) is 0 Å². The fraction of sp³-hybridized carbons (Fsp3) is 0. The molecule has 7 heteroatoms. The van der Waals surface area contributed by atoms with E-state index >= 15 is 0 Å². The number of halogens is 1. The van der Waals surface area contributed by atoms with Crippen LogP contribution in [-0.4, -0.2) is 20.7 Å². The van der Waals surface area contributed by atoms with Crippen molar-refractivity contribution in [2.75, 3.05) is 0 Å². The number of nitrogens with two attached hydrogens (primary N) is 1. The molecule has 2 aromatic rings. The van der Waals surface area contributed by atoms with Crippen LogP contribution in [0.5, 0.6) is 5.88 Å². The maximum Gasteiger partial charge on any atom is 0.411 e. The molecule has 2 rings (SSSR count). The maximum atomic E-state index is 10.5. The van der Waals surface area contributed by atoms with E-state index in [1.807, 2.05) is 0 Å². The van der Waals surface area contributed by atoms with Gasteiger partial charge in [0.1, 0.15) is 16.4 Å². The quantitative estimate of drug-likeness (QED) is 0.824. The molecule has 0 aliphatic heterocycles. The van der Waals surface area contributed by atoms with Gasteiger partial charge in [-0.25, -0.2) is 9.31 Å². The normalized spacial score (nSPS) is 10.4. The molecule has 72 valence electrons. The van der Waals surface area contributed by atoms with Crippen molar-refractivity contribution in [3.63, 3.8) is 0 Å². The number of fused-ring (bicyclic) bond motifs is 1. The number of rotatable bonds is 1. The van der Waals surface area contributed by atoms with E-state index in [0.717, 1.165) is 4.60 Å². The second-order valence-corrected chi connectivity index (χ2v) is 3.25. The van der Waals surface area contributed by atoms with E-state index < -0.39 is 6.09 Å². The molecular formula is C7H5BrN4O2. The molecule has 0 aliphatic rings. The molecule has 0 fully saturated rings. The number of carbonyl (C=O) groups is 1. The fourth-order valence-corrected chi connectivity index (χ4v) is 1.47. The average molecular weight is 257 g/mol. The summed E-state index contributed by atoms with van der Waals surface area (Å²) in [5.74, 6) is 0.137. The minimum atomic E-state index is -0.900. The Kier molecular flexibility index (Phi) is 2.08. The summed E-state index contributed by atoms with van der Waals surface area (Å²) in [6.45, 7) is 0. The highest BCUT2D eigenvalue weighted by Gasteiger charge is 2.09. The van der Waals surface area contributed by atoms with Crippen molar-refractivity contribution in [3.8, 4) is 5.88 Å². The molecule has 0 saturated carbocycles. The van der Waals surface area contributed by atoms with Crippen molar-refractivity contribution in [1.82, 2.24) is 14.6 Å². The molecule has 0 aromatic carbocycles. The van der Waals surface area contributed by atoms with Crippen LogP contribution in [0.15, 0.2) is 23.1 Å². The van der Waals surface area contributed by atoms with Crippen LogP contribution >= 0.6 is 15.9 Å². The molecule has 14 heavy (non-hydrogen) atoms. The van der Waals surface area contributed by atoms with E-state index in [1.54, 1.807) is 12.1 Å². The van der Waals surface area contributed by atoms with Crippen molar-refractivity contribution in [1.29, 1.82) is 0 Å². The van der Waals surface area contributed by atoms with Crippen molar-refractivity contribution in [3.05, 3.63) is 23.1 Å². The molecular weight excluding hydrogens is 252 g/mol. The van der Waals surface area contributed by atoms with E-state index in [4.69, 9.17) is 5.73 Å². The van der Waals surface area contributed by atoms with Gasteiger partial charge in [-0.05, 0) is 28.1 Å². The second-order valence-electron chi connectivity index (χ2n) is 2.44. The zero-order valence-corrected chi connectivity index (χ0v) is 8.43. The molecule has 2 N–H and O–H groups in total. The van der Waals surface area contributed by atoms with Gasteiger partial charge in [0, 0.05) is 0 Å². The Morgan fingerprint density at radius 3 is 3.07 bits per heavy atom. The van der Waals surface area contributed by atoms with Crippen LogP contribution in [0.3, 0.4) is 0 Å². The predicted octanol–water partition coefficient (Wildman–Crippen LogP) is 0.949. The van der Waals surface area contributed by atoms with Gasteiger partial charge in [0.2, 0.25) is 0 Å². The minimum Gasteiger partial charge on any atom is -0.389 e. The average Bonchev–Trinajstić information content (AvgIpc) is 2.49. The lowest BCUT2D eigenvalue weighted by Crippen LogP contribution is -2.17. The van der Waals surface area contributed by atoms with Crippen LogP contribution < -0.4 is 10.5 Å². The summed E-state index contributed by atoms with van der Waals surface area (Å²) >= 11 is 3.27. The first-order chi connectivity index (χ1) is 6.68. The topological polar surface area (TPSA) is 82.5 Å². The monoisotopic (exact) mass is 256 g/mol. The lowest BCUT2D eigenvalue weighted by molar-refractivity contribution is 0.209. The van der Waals surface area contributed by atoms with Gasteiger partial charge in [0.25, 0.3) is 5.88 Å². The summed E-state index contributed by atoms with van der Waals surface area (Å²) in [5.41, 5.74) is 5.45. The number of nitrogens with zero attached hydrogens (tertiary/aromatic N) is 3. The van der Waals surface area contributed by atoms with Gasteiger partial charge in [0.15, 0.2) is 0 Å². The zero-order valence-electron chi connectivity index (χ0n) is 6.85. The highest BCUT2D eigenvalue weighted by Crippen LogP contribution is 2.20. The summed E-state index contributed by atoms with van der Waals surface area (Å²) in [6, 6.07) is 3.47. The number of amides is 1. The van der Waals surface area contributed by atoms with E-state index in [-0.39, 0.29) is 5.88 Å². The third-order valence-corrected chi connectivity index (χ3v) is 2.17. The predicted molar refractivity (Wildman–Crippen MR) is 50.9 cm³/mol. The highest BCUT2D eigenvalue weighted by atomic mass is 79.9. The Labute approximate surface area is 86.8 Å². The number of ether oxygens (including phenoxy) is 1. The molecule has 0 saturated heterocycles. The van der Waals surface area contributed by atoms with Crippen molar-refractivity contribution in [2.45, 2.75) is 0 Å². The standard InChI is InChI=1S/C7H5BrN4O2/c8-5-2-1-4-6(14-7(9)13)10-3-11-12(4)5/h1-3H,(H2,9,13). The van der Waals surface area contributed by atoms with Gasteiger partial charge >= 0.3 is 6.09 Å². The minimum absolute atomic E-state index is 0.137. The molecule has 2 aromatic heterocycles. The van der Waals surface area contributed by atoms with Crippen LogP contribution in [0.25, 0.3) is 5.52 Å². The second kappa shape index (κ2) is 3.26. The van der Waals surface area contributed by atoms with Gasteiger partial charge in [-0.2, -0.15) is 10.1 Å². The zero-order chi connectivity index (χ0) is 10.1. The van der Waals surface area contributed by atoms with Gasteiger partial charge in [0.05, 0.1) is 0 Å². The van der Waals surface area contributed by atoms with Gasteiger partial charge < -0.3 is 10.5 Å². The summed E-state index contributed by atoms with van der Waals surface area (Å²) in [4.78, 5) is 14.3. The molecule has 2 heterocycles. The third-order valence-electron chi connectivity index (χ3n) is 1.57. The Morgan fingerprint density at radius 2 is 2.36 bits per heavy atom. The SMILES string of the molecule is NC(=O)Oc1ncnn2c(Br)ccc12. The summed E-state index contributed by atoms with van der Waals surface area (Å²) in [6.07, 6.45) is 0.374. The molecule has 0 atom stereocenters. The molecule has 0 aliphatic carbocycles. The van der Waals surface area contributed by atoms with Gasteiger partial charge in [-0.3, -0.25) is 0 Å². The van der Waals surface area contributed by atoms with Crippen LogP contribution in [0.4, 0.5) is 4.79 Å². The first kappa shape index (κ1) is 8.95. The summed E-state index contributed by atoms with van der Waals surface area (Å²) < 4.78 is 6.96. The summed E-state index contributed by atoms with van der Waals surface area (Å²) in [7, 11) is 0. The Balaban J connectivity index is 2.59. The maximum absolute atomic E-state index is 10.5. The van der Waals surface area contributed by atoms with Crippen LogP contribution in [0, 0.1) is 0 Å². The Bertz CT molecular complexity index is 495. The van der Waals surface area contributed by atoms with Crippen LogP contribution in [0.2, 0.25) is 0 Å². The number of primary amides is 1. The first-order valence-electron chi connectivity index (χ1n) is 3.64. The smallest absolute Gasteiger partial charge is 0.389 e. The van der Waals surface area contributed by atoms with Crippen LogP contribution in [0.1, 0.15) is 0 Å². The Hall–Kier alpha value is -1.63. The number of hydrogen-bond acceptors (Lipinski definition) is 4. The largest absolute Gasteiger partial charge is 0.411 e. The molecule has 0 spiro atoms. The molecule has 0 radical (unpaired) electrons. The lowest BCUT2D eigenvalue weighted by atomic mass is 10.5. The third kappa shape index (κ3) is 1.41. The summed E-state index contributed by atoms with van der Waals surface area (Å²) in [5, 5.41) is 3.94. The van der Waals surface area contributed by atoms with Crippen molar-refractivity contribution in [2.24, 2.45) is 5.73 Å². The first-order valence-corrected chi connectivity index (χ1v) is 4.43. The van der Waals surface area contributed by atoms with Crippen LogP contribution in [-0.2, 0) is 0 Å². The number of hydrogen-bond donors (Lipinski definition) is 1. The number of carbonyl (C=O) groups excluding carboxylic acids is 1. The van der Waals surface area contributed by atoms with Crippen molar-refractivity contribution >= 4 is 27.5 Å².